The molecule has 90 valence electrons. The third-order valence-electron chi connectivity index (χ3n) is 3.05. The molecule has 0 atom stereocenters. The summed E-state index contributed by atoms with van der Waals surface area (Å²) in [6.07, 6.45) is 0.789. The van der Waals surface area contributed by atoms with E-state index in [0.29, 0.717) is 0 Å². The average molecular weight is 225 g/mol. The molecule has 0 spiro atoms. The van der Waals surface area contributed by atoms with E-state index in [-0.39, 0.29) is 18.0 Å². The molecule has 0 saturated heterocycles. The maximum atomic E-state index is 12.9. The molecule has 0 aliphatic heterocycles. The summed E-state index contributed by atoms with van der Waals surface area (Å²) < 4.78 is 12.9. The van der Waals surface area contributed by atoms with Crippen molar-refractivity contribution in [3.05, 3.63) is 35.6 Å². The fourth-order valence-corrected chi connectivity index (χ4v) is 1.41. The Bertz CT molecular complexity index is 338. The second-order valence-electron chi connectivity index (χ2n) is 4.77. The molecule has 1 aromatic rings. The van der Waals surface area contributed by atoms with Gasteiger partial charge in [-0.3, -0.25) is 4.90 Å². The van der Waals surface area contributed by atoms with E-state index < -0.39 is 0 Å². The minimum atomic E-state index is -0.229. The van der Waals surface area contributed by atoms with Crippen LogP contribution in [0.5, 0.6) is 0 Å². The minimum absolute atomic E-state index is 0.118. The number of hydrogen-bond acceptors (Lipinski definition) is 2. The summed E-state index contributed by atoms with van der Waals surface area (Å²) in [5.74, 6) is -0.193. The summed E-state index contributed by atoms with van der Waals surface area (Å²) in [4.78, 5) is 2.08. The van der Waals surface area contributed by atoms with Crippen molar-refractivity contribution in [3.63, 3.8) is 0 Å². The van der Waals surface area contributed by atoms with Crippen molar-refractivity contribution in [2.24, 2.45) is 0 Å². The molecule has 0 aliphatic rings. The number of rotatable bonds is 5. The number of hydrogen-bond donors (Lipinski definition) is 1. The number of halogens is 1. The zero-order valence-electron chi connectivity index (χ0n) is 10.2. The average Bonchev–Trinajstić information content (AvgIpc) is 2.26. The van der Waals surface area contributed by atoms with Gasteiger partial charge in [-0.15, -0.1) is 0 Å². The first-order chi connectivity index (χ1) is 7.45. The highest BCUT2D eigenvalue weighted by Crippen LogP contribution is 2.12. The molecule has 1 rings (SSSR count). The molecular formula is C13H20FNO. The largest absolute Gasteiger partial charge is 0.394 e. The van der Waals surface area contributed by atoms with Crippen molar-refractivity contribution in [3.8, 4) is 0 Å². The lowest BCUT2D eigenvalue weighted by Crippen LogP contribution is -2.45. The number of nitrogens with zero attached hydrogens (tertiary/aromatic N) is 1. The third-order valence-corrected chi connectivity index (χ3v) is 3.05. The summed E-state index contributed by atoms with van der Waals surface area (Å²) >= 11 is 0. The molecule has 0 aromatic heterocycles. The van der Waals surface area contributed by atoms with Crippen molar-refractivity contribution in [2.45, 2.75) is 25.8 Å². The maximum Gasteiger partial charge on any atom is 0.123 e. The highest BCUT2D eigenvalue weighted by molar-refractivity contribution is 5.16. The van der Waals surface area contributed by atoms with Crippen LogP contribution in [0.25, 0.3) is 0 Å². The van der Waals surface area contributed by atoms with Crippen molar-refractivity contribution < 1.29 is 9.50 Å². The van der Waals surface area contributed by atoms with E-state index in [2.05, 4.69) is 4.90 Å². The van der Waals surface area contributed by atoms with Gasteiger partial charge in [0.2, 0.25) is 0 Å². The lowest BCUT2D eigenvalue weighted by molar-refractivity contribution is 0.0800. The lowest BCUT2D eigenvalue weighted by Gasteiger charge is -2.33. The van der Waals surface area contributed by atoms with Gasteiger partial charge in [0.05, 0.1) is 6.61 Å². The van der Waals surface area contributed by atoms with Gasteiger partial charge in [-0.2, -0.15) is 0 Å². The summed E-state index contributed by atoms with van der Waals surface area (Å²) in [6.45, 7) is 4.89. The summed E-state index contributed by atoms with van der Waals surface area (Å²) in [5, 5.41) is 9.20. The van der Waals surface area contributed by atoms with Gasteiger partial charge in [-0.25, -0.2) is 4.39 Å². The summed E-state index contributed by atoms with van der Waals surface area (Å²) in [5.41, 5.74) is 0.758. The van der Waals surface area contributed by atoms with Crippen LogP contribution in [-0.2, 0) is 6.42 Å². The third kappa shape index (κ3) is 3.58. The zero-order valence-corrected chi connectivity index (χ0v) is 10.2. The fourth-order valence-electron chi connectivity index (χ4n) is 1.41. The monoisotopic (exact) mass is 225 g/mol. The second-order valence-corrected chi connectivity index (χ2v) is 4.77. The Hall–Kier alpha value is -0.930. The molecule has 1 N–H and O–H groups in total. The molecule has 0 heterocycles. The van der Waals surface area contributed by atoms with Crippen LogP contribution in [0.4, 0.5) is 4.39 Å². The Labute approximate surface area is 96.7 Å². The summed E-state index contributed by atoms with van der Waals surface area (Å²) in [6, 6.07) is 6.65. The molecule has 3 heteroatoms. The SMILES string of the molecule is CN(CCc1cccc(F)c1)C(C)(C)CO. The van der Waals surface area contributed by atoms with Gasteiger partial charge >= 0.3 is 0 Å². The molecular weight excluding hydrogens is 205 g/mol. The normalized spacial score (nSPS) is 12.1. The summed E-state index contributed by atoms with van der Waals surface area (Å²) in [7, 11) is 1.97. The van der Waals surface area contributed by atoms with Crippen LogP contribution in [0.15, 0.2) is 24.3 Å². The highest BCUT2D eigenvalue weighted by atomic mass is 19.1. The lowest BCUT2D eigenvalue weighted by atomic mass is 10.0. The van der Waals surface area contributed by atoms with Gasteiger partial charge in [-0.05, 0) is 45.0 Å². The Morgan fingerprint density at radius 3 is 2.62 bits per heavy atom. The maximum absolute atomic E-state index is 12.9. The second kappa shape index (κ2) is 5.41. The van der Waals surface area contributed by atoms with Crippen LogP contribution in [0.3, 0.4) is 0 Å². The first-order valence-corrected chi connectivity index (χ1v) is 5.52. The number of likely N-dealkylation sites (N-methyl/N-ethyl adjacent to an activating group) is 1. The topological polar surface area (TPSA) is 23.5 Å². The Morgan fingerprint density at radius 2 is 2.06 bits per heavy atom. The smallest absolute Gasteiger partial charge is 0.123 e. The standard InChI is InChI=1S/C13H20FNO/c1-13(2,10-16)15(3)8-7-11-5-4-6-12(14)9-11/h4-6,9,16H,7-8,10H2,1-3H3. The Kier molecular flexibility index (Phi) is 4.44. The molecule has 0 unspecified atom stereocenters. The van der Waals surface area contributed by atoms with Crippen LogP contribution in [0, 0.1) is 5.82 Å². The zero-order chi connectivity index (χ0) is 12.2. The van der Waals surface area contributed by atoms with Crippen molar-refractivity contribution in [2.75, 3.05) is 20.2 Å². The van der Waals surface area contributed by atoms with E-state index >= 15 is 0 Å². The molecule has 1 aromatic carbocycles. The first kappa shape index (κ1) is 13.1. The number of aliphatic hydroxyl groups is 1. The quantitative estimate of drug-likeness (QED) is 0.829. The molecule has 0 amide bonds. The van der Waals surface area contributed by atoms with Crippen LogP contribution >= 0.6 is 0 Å². The molecule has 0 bridgehead atoms. The molecule has 2 nitrogen and oxygen atoms in total. The van der Waals surface area contributed by atoms with E-state index in [1.54, 1.807) is 12.1 Å². The molecule has 16 heavy (non-hydrogen) atoms. The van der Waals surface area contributed by atoms with Crippen LogP contribution < -0.4 is 0 Å². The fraction of sp³-hybridized carbons (Fsp3) is 0.538. The van der Waals surface area contributed by atoms with E-state index in [4.69, 9.17) is 0 Å². The highest BCUT2D eigenvalue weighted by Gasteiger charge is 2.21. The van der Waals surface area contributed by atoms with Gasteiger partial charge in [0.15, 0.2) is 0 Å². The number of aliphatic hydroxyl groups excluding tert-OH is 1. The van der Waals surface area contributed by atoms with Gasteiger partial charge in [0.25, 0.3) is 0 Å². The van der Waals surface area contributed by atoms with Gasteiger partial charge in [-0.1, -0.05) is 12.1 Å². The number of benzene rings is 1. The van der Waals surface area contributed by atoms with E-state index in [0.717, 1.165) is 18.5 Å². The van der Waals surface area contributed by atoms with E-state index in [1.807, 2.05) is 27.0 Å². The predicted octanol–water partition coefficient (Wildman–Crippen LogP) is 2.07. The predicted molar refractivity (Wildman–Crippen MR) is 63.9 cm³/mol. The van der Waals surface area contributed by atoms with Crippen molar-refractivity contribution >= 4 is 0 Å². The van der Waals surface area contributed by atoms with E-state index in [1.165, 1.54) is 6.07 Å². The molecule has 0 radical (unpaired) electrons. The van der Waals surface area contributed by atoms with Crippen LogP contribution in [-0.4, -0.2) is 35.7 Å². The van der Waals surface area contributed by atoms with Gasteiger partial charge in [0, 0.05) is 12.1 Å². The first-order valence-electron chi connectivity index (χ1n) is 5.52. The van der Waals surface area contributed by atoms with Crippen LogP contribution in [0.2, 0.25) is 0 Å². The van der Waals surface area contributed by atoms with E-state index in [9.17, 15) is 9.50 Å². The van der Waals surface area contributed by atoms with Gasteiger partial charge in [0.1, 0.15) is 5.82 Å². The van der Waals surface area contributed by atoms with Crippen molar-refractivity contribution in [1.82, 2.24) is 4.90 Å². The Balaban J connectivity index is 2.52. The van der Waals surface area contributed by atoms with Gasteiger partial charge < -0.3 is 5.11 Å². The molecule has 0 fully saturated rings. The molecule has 0 aliphatic carbocycles. The Morgan fingerprint density at radius 1 is 1.38 bits per heavy atom. The minimum Gasteiger partial charge on any atom is -0.394 e. The van der Waals surface area contributed by atoms with Crippen LogP contribution in [0.1, 0.15) is 19.4 Å². The molecule has 0 saturated carbocycles. The van der Waals surface area contributed by atoms with Crippen molar-refractivity contribution in [1.29, 1.82) is 0 Å².